The average Bonchev–Trinajstić information content (AvgIpc) is 2.77. The van der Waals surface area contributed by atoms with E-state index in [9.17, 15) is 0 Å². The maximum Gasteiger partial charge on any atom is 0.213 e. The van der Waals surface area contributed by atoms with Crippen molar-refractivity contribution in [2.45, 2.75) is 0 Å². The molecule has 2 aromatic rings. The first-order valence-corrected chi connectivity index (χ1v) is 5.09. The Morgan fingerprint density at radius 3 is 3.00 bits per heavy atom. The van der Waals surface area contributed by atoms with Crippen LogP contribution in [0.25, 0.3) is 11.3 Å². The standard InChI is InChI=1S/C9H10N4OS/c1-10-9-8(12-15-13-9)6-3-4-11-7(5-6)14-2/h3-5H,1-2H3,(H,10,13). The Morgan fingerprint density at radius 2 is 2.27 bits per heavy atom. The fraction of sp³-hybridized carbons (Fsp3) is 0.222. The molecule has 0 aliphatic rings. The predicted molar refractivity (Wildman–Crippen MR) is 59.2 cm³/mol. The molecular weight excluding hydrogens is 212 g/mol. The molecule has 2 heterocycles. The molecule has 15 heavy (non-hydrogen) atoms. The zero-order valence-electron chi connectivity index (χ0n) is 8.39. The van der Waals surface area contributed by atoms with Crippen LogP contribution in [0.2, 0.25) is 0 Å². The molecule has 6 heteroatoms. The number of nitrogens with zero attached hydrogens (tertiary/aromatic N) is 3. The van der Waals surface area contributed by atoms with Crippen LogP contribution in [0.3, 0.4) is 0 Å². The lowest BCUT2D eigenvalue weighted by Crippen LogP contribution is -1.92. The van der Waals surface area contributed by atoms with Gasteiger partial charge in [-0.2, -0.15) is 8.75 Å². The Hall–Kier alpha value is -1.69. The second-order valence-corrected chi connectivity index (χ2v) is 3.33. The normalized spacial score (nSPS) is 10.0. The van der Waals surface area contributed by atoms with Gasteiger partial charge in [-0.05, 0) is 6.07 Å². The van der Waals surface area contributed by atoms with E-state index in [0.29, 0.717) is 5.88 Å². The first kappa shape index (κ1) is 9.85. The first-order chi connectivity index (χ1) is 7.35. The first-order valence-electron chi connectivity index (χ1n) is 4.36. The Bertz CT molecular complexity index is 457. The van der Waals surface area contributed by atoms with Crippen LogP contribution in [0.5, 0.6) is 5.88 Å². The van der Waals surface area contributed by atoms with Crippen LogP contribution in [0.15, 0.2) is 18.3 Å². The van der Waals surface area contributed by atoms with E-state index in [1.54, 1.807) is 13.3 Å². The minimum Gasteiger partial charge on any atom is -0.481 e. The van der Waals surface area contributed by atoms with Crippen LogP contribution in [-0.2, 0) is 0 Å². The number of nitrogens with one attached hydrogen (secondary N) is 1. The Morgan fingerprint density at radius 1 is 1.40 bits per heavy atom. The molecular formula is C9H10N4OS. The molecule has 0 aliphatic heterocycles. The summed E-state index contributed by atoms with van der Waals surface area (Å²) in [5.74, 6) is 1.34. The summed E-state index contributed by atoms with van der Waals surface area (Å²) in [6, 6.07) is 3.71. The number of anilines is 1. The summed E-state index contributed by atoms with van der Waals surface area (Å²) in [5.41, 5.74) is 1.77. The fourth-order valence-corrected chi connectivity index (χ4v) is 1.78. The second kappa shape index (κ2) is 4.22. The smallest absolute Gasteiger partial charge is 0.213 e. The summed E-state index contributed by atoms with van der Waals surface area (Å²) in [5, 5.41) is 2.99. The van der Waals surface area contributed by atoms with Crippen molar-refractivity contribution < 1.29 is 4.74 Å². The highest BCUT2D eigenvalue weighted by atomic mass is 32.1. The third kappa shape index (κ3) is 1.89. The van der Waals surface area contributed by atoms with Gasteiger partial charge in [-0.15, -0.1) is 0 Å². The maximum absolute atomic E-state index is 5.05. The van der Waals surface area contributed by atoms with Gasteiger partial charge in [0.15, 0.2) is 5.82 Å². The molecule has 0 bridgehead atoms. The van der Waals surface area contributed by atoms with Crippen LogP contribution in [0, 0.1) is 0 Å². The second-order valence-electron chi connectivity index (χ2n) is 2.80. The van der Waals surface area contributed by atoms with Gasteiger partial charge in [-0.25, -0.2) is 4.98 Å². The number of hydrogen-bond donors (Lipinski definition) is 1. The highest BCUT2D eigenvalue weighted by Gasteiger charge is 2.09. The molecule has 0 radical (unpaired) electrons. The lowest BCUT2D eigenvalue weighted by atomic mass is 10.2. The summed E-state index contributed by atoms with van der Waals surface area (Å²) in [7, 11) is 3.41. The molecule has 2 aromatic heterocycles. The lowest BCUT2D eigenvalue weighted by Gasteiger charge is -2.02. The van der Waals surface area contributed by atoms with Gasteiger partial charge >= 0.3 is 0 Å². The van der Waals surface area contributed by atoms with Crippen molar-refractivity contribution in [2.24, 2.45) is 0 Å². The summed E-state index contributed by atoms with van der Waals surface area (Å²) >= 11 is 1.18. The van der Waals surface area contributed by atoms with Crippen molar-refractivity contribution in [3.8, 4) is 17.1 Å². The van der Waals surface area contributed by atoms with Crippen LogP contribution in [-0.4, -0.2) is 27.9 Å². The van der Waals surface area contributed by atoms with Crippen molar-refractivity contribution >= 4 is 17.5 Å². The van der Waals surface area contributed by atoms with Crippen molar-refractivity contribution in [3.05, 3.63) is 18.3 Å². The highest BCUT2D eigenvalue weighted by Crippen LogP contribution is 2.26. The zero-order chi connectivity index (χ0) is 10.7. The van der Waals surface area contributed by atoms with E-state index in [1.807, 2.05) is 19.2 Å². The van der Waals surface area contributed by atoms with E-state index in [0.717, 1.165) is 17.1 Å². The fourth-order valence-electron chi connectivity index (χ4n) is 1.21. The van der Waals surface area contributed by atoms with Gasteiger partial charge in [0.05, 0.1) is 18.8 Å². The molecule has 0 spiro atoms. The number of rotatable bonds is 3. The molecule has 0 aliphatic carbocycles. The molecule has 0 amide bonds. The number of ether oxygens (including phenoxy) is 1. The Kier molecular flexibility index (Phi) is 2.77. The van der Waals surface area contributed by atoms with E-state index in [4.69, 9.17) is 4.74 Å². The van der Waals surface area contributed by atoms with Gasteiger partial charge in [0.25, 0.3) is 0 Å². The van der Waals surface area contributed by atoms with E-state index in [-0.39, 0.29) is 0 Å². The van der Waals surface area contributed by atoms with E-state index in [1.165, 1.54) is 11.7 Å². The largest absolute Gasteiger partial charge is 0.481 e. The summed E-state index contributed by atoms with van der Waals surface area (Å²) in [4.78, 5) is 4.04. The monoisotopic (exact) mass is 222 g/mol. The van der Waals surface area contributed by atoms with Crippen molar-refractivity contribution in [1.29, 1.82) is 0 Å². The number of methoxy groups -OCH3 is 1. The minimum absolute atomic E-state index is 0.572. The number of hydrogen-bond acceptors (Lipinski definition) is 6. The van der Waals surface area contributed by atoms with Crippen LogP contribution < -0.4 is 10.1 Å². The maximum atomic E-state index is 5.05. The molecule has 0 saturated heterocycles. The van der Waals surface area contributed by atoms with Crippen molar-refractivity contribution in [1.82, 2.24) is 13.7 Å². The molecule has 0 saturated carbocycles. The van der Waals surface area contributed by atoms with Gasteiger partial charge < -0.3 is 10.1 Å². The van der Waals surface area contributed by atoms with Gasteiger partial charge in [0.1, 0.15) is 5.69 Å². The van der Waals surface area contributed by atoms with Crippen molar-refractivity contribution in [3.63, 3.8) is 0 Å². The SMILES string of the molecule is CNc1nsnc1-c1ccnc(OC)c1. The summed E-state index contributed by atoms with van der Waals surface area (Å²) in [6.07, 6.45) is 1.69. The molecule has 1 N–H and O–H groups in total. The predicted octanol–water partition coefficient (Wildman–Crippen LogP) is 1.65. The van der Waals surface area contributed by atoms with E-state index >= 15 is 0 Å². The van der Waals surface area contributed by atoms with Gasteiger partial charge in [-0.1, -0.05) is 0 Å². The third-order valence-corrected chi connectivity index (χ3v) is 2.47. The molecule has 0 unspecified atom stereocenters. The topological polar surface area (TPSA) is 59.9 Å². The van der Waals surface area contributed by atoms with Crippen LogP contribution in [0.4, 0.5) is 5.82 Å². The molecule has 0 aromatic carbocycles. The van der Waals surface area contributed by atoms with Crippen LogP contribution in [0.1, 0.15) is 0 Å². The average molecular weight is 222 g/mol. The third-order valence-electron chi connectivity index (χ3n) is 1.94. The lowest BCUT2D eigenvalue weighted by molar-refractivity contribution is 0.398. The quantitative estimate of drug-likeness (QED) is 0.855. The summed E-state index contributed by atoms with van der Waals surface area (Å²) in [6.45, 7) is 0. The number of aromatic nitrogens is 3. The molecule has 78 valence electrons. The highest BCUT2D eigenvalue weighted by molar-refractivity contribution is 6.99. The van der Waals surface area contributed by atoms with Crippen LogP contribution >= 0.6 is 11.7 Å². The minimum atomic E-state index is 0.572. The van der Waals surface area contributed by atoms with Gasteiger partial charge in [0, 0.05) is 24.9 Å². The zero-order valence-corrected chi connectivity index (χ0v) is 9.21. The molecule has 2 rings (SSSR count). The molecule has 5 nitrogen and oxygen atoms in total. The van der Waals surface area contributed by atoms with Gasteiger partial charge in [0.2, 0.25) is 5.88 Å². The molecule has 0 fully saturated rings. The van der Waals surface area contributed by atoms with Gasteiger partial charge in [-0.3, -0.25) is 0 Å². The van der Waals surface area contributed by atoms with E-state index < -0.39 is 0 Å². The molecule has 0 atom stereocenters. The summed E-state index contributed by atoms with van der Waals surface area (Å²) < 4.78 is 13.4. The number of pyridine rings is 1. The Balaban J connectivity index is 2.44. The van der Waals surface area contributed by atoms with E-state index in [2.05, 4.69) is 19.0 Å². The van der Waals surface area contributed by atoms with Crippen molar-refractivity contribution in [2.75, 3.05) is 19.5 Å². The Labute approximate surface area is 91.5 Å².